The Labute approximate surface area is 63.8 Å². The Morgan fingerprint density at radius 1 is 1.00 bits per heavy atom. The molecule has 0 radical (unpaired) electrons. The number of rotatable bonds is 0. The predicted octanol–water partition coefficient (Wildman–Crippen LogP) is 0.195. The summed E-state index contributed by atoms with van der Waals surface area (Å²) >= 11 is 8.13. The zero-order chi connectivity index (χ0) is 6.83. The molecule has 0 aromatic rings. The molecule has 48 valence electrons. The van der Waals surface area contributed by atoms with E-state index in [9.17, 15) is 0 Å². The molecule has 0 spiro atoms. The van der Waals surface area contributed by atoms with Gasteiger partial charge in [0, 0.05) is 0 Å². The van der Waals surface area contributed by atoms with Gasteiger partial charge in [-0.1, -0.05) is 24.4 Å². The second-order valence-corrected chi connectivity index (χ2v) is 0.965. The normalized spacial score (nSPS) is 3.33. The van der Waals surface area contributed by atoms with E-state index < -0.39 is 0 Å². The van der Waals surface area contributed by atoms with Crippen LogP contribution in [0.3, 0.4) is 0 Å². The molecular formula is C4H4N2OS2. The molecule has 0 aliphatic rings. The molecule has 0 aliphatic heterocycles. The topological polar surface area (TPSA) is 79.1 Å². The summed E-state index contributed by atoms with van der Waals surface area (Å²) < 4.78 is 0. The molecule has 0 saturated heterocycles. The third-order valence-corrected chi connectivity index (χ3v) is 0.316. The van der Waals surface area contributed by atoms with E-state index in [1.54, 1.807) is 12.1 Å². The Bertz CT molecular complexity index is 126. The van der Waals surface area contributed by atoms with Crippen LogP contribution in [0.2, 0.25) is 0 Å². The monoisotopic (exact) mass is 160 g/mol. The van der Waals surface area contributed by atoms with Crippen LogP contribution in [0.15, 0.2) is 0 Å². The van der Waals surface area contributed by atoms with Crippen molar-refractivity contribution < 1.29 is 5.48 Å². The Kier molecular flexibility index (Phi) is 47.8. The maximum atomic E-state index is 7.47. The lowest BCUT2D eigenvalue weighted by molar-refractivity contribution is 0.824. The fourth-order valence-electron chi connectivity index (χ4n) is 0. The number of nitriles is 2. The number of hydrogen-bond donors (Lipinski definition) is 0. The quantitative estimate of drug-likeness (QED) is 0.474. The highest BCUT2D eigenvalue weighted by molar-refractivity contribution is 7.79. The molecule has 5 heteroatoms. The smallest absolute Gasteiger partial charge is 0.103 e. The largest absolute Gasteiger partial charge is 0.412 e. The lowest BCUT2D eigenvalue weighted by Gasteiger charge is -1.27. The van der Waals surface area contributed by atoms with Crippen molar-refractivity contribution in [1.82, 2.24) is 0 Å². The van der Waals surface area contributed by atoms with Crippen molar-refractivity contribution in [3.8, 4) is 12.1 Å². The minimum Gasteiger partial charge on any atom is -0.412 e. The van der Waals surface area contributed by atoms with Crippen LogP contribution in [-0.4, -0.2) is 16.2 Å². The van der Waals surface area contributed by atoms with Crippen molar-refractivity contribution >= 4 is 35.2 Å². The molecule has 0 aromatic heterocycles. The molecule has 0 rings (SSSR count). The van der Waals surface area contributed by atoms with Gasteiger partial charge in [-0.3, -0.25) is 0 Å². The van der Waals surface area contributed by atoms with Crippen LogP contribution >= 0.6 is 24.4 Å². The molecule has 3 nitrogen and oxygen atoms in total. The van der Waals surface area contributed by atoms with E-state index in [2.05, 4.69) is 24.4 Å². The van der Waals surface area contributed by atoms with Gasteiger partial charge in [0.05, 0.1) is 10.7 Å². The van der Waals surface area contributed by atoms with E-state index >= 15 is 0 Å². The summed E-state index contributed by atoms with van der Waals surface area (Å²) in [4.78, 5) is 0. The van der Waals surface area contributed by atoms with Crippen LogP contribution < -0.4 is 0 Å². The first-order valence-corrected chi connectivity index (χ1v) is 2.44. The molecule has 0 fully saturated rings. The average molecular weight is 160 g/mol. The molecule has 0 bridgehead atoms. The van der Waals surface area contributed by atoms with Crippen molar-refractivity contribution in [2.45, 2.75) is 0 Å². The predicted molar refractivity (Wildman–Crippen MR) is 42.1 cm³/mol. The second kappa shape index (κ2) is 27.4. The molecule has 0 saturated carbocycles. The highest BCUT2D eigenvalue weighted by Crippen LogP contribution is 1.35. The van der Waals surface area contributed by atoms with Crippen molar-refractivity contribution in [1.29, 1.82) is 10.5 Å². The van der Waals surface area contributed by atoms with Crippen LogP contribution in [0.25, 0.3) is 0 Å². The maximum Gasteiger partial charge on any atom is 0.103 e. The first-order chi connectivity index (χ1) is 3.83. The van der Waals surface area contributed by atoms with Crippen LogP contribution in [0, 0.1) is 22.7 Å². The van der Waals surface area contributed by atoms with Gasteiger partial charge in [0.15, 0.2) is 0 Å². The van der Waals surface area contributed by atoms with Crippen LogP contribution in [-0.2, 0) is 0 Å². The van der Waals surface area contributed by atoms with Gasteiger partial charge in [0.25, 0.3) is 0 Å². The van der Waals surface area contributed by atoms with Gasteiger partial charge >= 0.3 is 0 Å². The van der Waals surface area contributed by atoms with Crippen molar-refractivity contribution in [3.63, 3.8) is 0 Å². The third-order valence-electron chi connectivity index (χ3n) is 0.105. The zero-order valence-electron chi connectivity index (χ0n) is 4.37. The first kappa shape index (κ1) is 15.7. The van der Waals surface area contributed by atoms with E-state index in [0.29, 0.717) is 0 Å². The minimum absolute atomic E-state index is 0. The maximum absolute atomic E-state index is 7.47. The molecule has 0 amide bonds. The standard InChI is InChI=1S/2C2HNS.H2O/c2*3-1-2-4;/h2*2H;1H2. The Morgan fingerprint density at radius 2 is 1.11 bits per heavy atom. The van der Waals surface area contributed by atoms with Gasteiger partial charge < -0.3 is 5.48 Å². The molecule has 0 aliphatic carbocycles. The number of hydrogen-bond acceptors (Lipinski definition) is 4. The SMILES string of the molecule is N#CC=S.N#CC=S.O. The third kappa shape index (κ3) is 149. The van der Waals surface area contributed by atoms with Gasteiger partial charge in [-0.05, 0) is 0 Å². The van der Waals surface area contributed by atoms with Gasteiger partial charge in [0.2, 0.25) is 0 Å². The lowest BCUT2D eigenvalue weighted by atomic mass is 10.9. The fourth-order valence-corrected chi connectivity index (χ4v) is 0. The van der Waals surface area contributed by atoms with Gasteiger partial charge in [-0.2, -0.15) is 10.5 Å². The Balaban J connectivity index is -0.0000000720. The van der Waals surface area contributed by atoms with Crippen LogP contribution in [0.5, 0.6) is 0 Å². The van der Waals surface area contributed by atoms with Crippen LogP contribution in [0.1, 0.15) is 0 Å². The summed E-state index contributed by atoms with van der Waals surface area (Å²) in [7, 11) is 0. The molecule has 0 atom stereocenters. The van der Waals surface area contributed by atoms with Gasteiger partial charge in [-0.15, -0.1) is 0 Å². The summed E-state index contributed by atoms with van der Waals surface area (Å²) in [5, 5.41) is 17.0. The zero-order valence-corrected chi connectivity index (χ0v) is 6.00. The summed E-state index contributed by atoms with van der Waals surface area (Å²) in [6.45, 7) is 0. The van der Waals surface area contributed by atoms with E-state index in [1.807, 2.05) is 0 Å². The molecular weight excluding hydrogens is 156 g/mol. The minimum atomic E-state index is 0. The van der Waals surface area contributed by atoms with Crippen molar-refractivity contribution in [3.05, 3.63) is 0 Å². The average Bonchev–Trinajstić information content (AvgIpc) is 1.88. The van der Waals surface area contributed by atoms with E-state index in [4.69, 9.17) is 10.5 Å². The molecule has 0 unspecified atom stereocenters. The molecule has 0 heterocycles. The Hall–Kier alpha value is -0.880. The summed E-state index contributed by atoms with van der Waals surface area (Å²) in [5.41, 5.74) is 0. The van der Waals surface area contributed by atoms with Crippen molar-refractivity contribution in [2.75, 3.05) is 0 Å². The lowest BCUT2D eigenvalue weighted by Crippen LogP contribution is -1.39. The number of thiocarbonyl (C=S) groups is 2. The molecule has 2 N–H and O–H groups in total. The summed E-state index contributed by atoms with van der Waals surface area (Å²) in [6, 6.07) is 3.24. The van der Waals surface area contributed by atoms with E-state index in [-0.39, 0.29) is 5.48 Å². The van der Waals surface area contributed by atoms with E-state index in [0.717, 1.165) is 10.7 Å². The summed E-state index contributed by atoms with van der Waals surface area (Å²) in [5.74, 6) is 0. The Morgan fingerprint density at radius 3 is 1.11 bits per heavy atom. The van der Waals surface area contributed by atoms with Crippen molar-refractivity contribution in [2.24, 2.45) is 0 Å². The second-order valence-electron chi connectivity index (χ2n) is 0.494. The number of nitrogens with zero attached hydrogens (tertiary/aromatic N) is 2. The fraction of sp³-hybridized carbons (Fsp3) is 0. The van der Waals surface area contributed by atoms with Gasteiger partial charge in [-0.25, -0.2) is 0 Å². The highest BCUT2D eigenvalue weighted by atomic mass is 32.1. The molecule has 9 heavy (non-hydrogen) atoms. The highest BCUT2D eigenvalue weighted by Gasteiger charge is 1.38. The van der Waals surface area contributed by atoms with Gasteiger partial charge in [0.1, 0.15) is 12.1 Å². The van der Waals surface area contributed by atoms with E-state index in [1.165, 1.54) is 0 Å². The van der Waals surface area contributed by atoms with Crippen LogP contribution in [0.4, 0.5) is 0 Å². The first-order valence-electron chi connectivity index (χ1n) is 1.50. The molecule has 0 aromatic carbocycles. The summed E-state index contributed by atoms with van der Waals surface area (Å²) in [6.07, 6.45) is 0.